The fourth-order valence-corrected chi connectivity index (χ4v) is 1.77. The number of nitrogens with two attached hydrogens (primary N) is 1. The molecule has 1 aliphatic heterocycles. The van der Waals surface area contributed by atoms with Gasteiger partial charge in [0, 0.05) is 13.1 Å². The lowest BCUT2D eigenvalue weighted by Crippen LogP contribution is -2.23. The SMILES string of the molecule is C=CCCOc1nc(NN)nc(N2CCCC2)n1. The lowest BCUT2D eigenvalue weighted by atomic mass is 10.4. The average molecular weight is 250 g/mol. The number of aromatic nitrogens is 3. The Morgan fingerprint density at radius 1 is 1.33 bits per heavy atom. The summed E-state index contributed by atoms with van der Waals surface area (Å²) in [5.74, 6) is 6.28. The Balaban J connectivity index is 2.12. The summed E-state index contributed by atoms with van der Waals surface area (Å²) in [6.07, 6.45) is 4.84. The molecule has 0 unspecified atom stereocenters. The number of rotatable bonds is 6. The quantitative estimate of drug-likeness (QED) is 0.332. The van der Waals surface area contributed by atoms with Gasteiger partial charge in [-0.15, -0.1) is 6.58 Å². The first-order chi connectivity index (χ1) is 8.83. The van der Waals surface area contributed by atoms with Crippen LogP contribution in [0.1, 0.15) is 19.3 Å². The summed E-state index contributed by atoms with van der Waals surface area (Å²) in [4.78, 5) is 14.7. The van der Waals surface area contributed by atoms with Crippen molar-refractivity contribution in [2.24, 2.45) is 5.84 Å². The predicted molar refractivity (Wildman–Crippen MR) is 69.4 cm³/mol. The highest BCUT2D eigenvalue weighted by Crippen LogP contribution is 2.19. The van der Waals surface area contributed by atoms with Gasteiger partial charge in [0.25, 0.3) is 0 Å². The Hall–Kier alpha value is -1.89. The first-order valence-electron chi connectivity index (χ1n) is 6.05. The number of nitrogens with zero attached hydrogens (tertiary/aromatic N) is 4. The van der Waals surface area contributed by atoms with Gasteiger partial charge in [-0.25, -0.2) is 5.84 Å². The summed E-state index contributed by atoms with van der Waals surface area (Å²) < 4.78 is 5.43. The number of nitrogens with one attached hydrogen (secondary N) is 1. The van der Waals surface area contributed by atoms with E-state index < -0.39 is 0 Å². The topological polar surface area (TPSA) is 89.2 Å². The van der Waals surface area contributed by atoms with Crippen LogP contribution >= 0.6 is 0 Å². The van der Waals surface area contributed by atoms with Crippen molar-refractivity contribution in [1.82, 2.24) is 15.0 Å². The van der Waals surface area contributed by atoms with Crippen LogP contribution in [0, 0.1) is 0 Å². The lowest BCUT2D eigenvalue weighted by molar-refractivity contribution is 0.298. The zero-order valence-electron chi connectivity index (χ0n) is 10.3. The molecule has 18 heavy (non-hydrogen) atoms. The summed E-state index contributed by atoms with van der Waals surface area (Å²) in [5, 5.41) is 0. The molecule has 1 fully saturated rings. The molecule has 98 valence electrons. The number of hydrazine groups is 1. The molecule has 0 aliphatic carbocycles. The van der Waals surface area contributed by atoms with E-state index >= 15 is 0 Å². The summed E-state index contributed by atoms with van der Waals surface area (Å²) in [6, 6.07) is 0.293. The Labute approximate surface area is 106 Å². The van der Waals surface area contributed by atoms with Crippen molar-refractivity contribution in [2.75, 3.05) is 30.0 Å². The number of anilines is 2. The van der Waals surface area contributed by atoms with Crippen molar-refractivity contribution >= 4 is 11.9 Å². The van der Waals surface area contributed by atoms with Gasteiger partial charge in [-0.3, -0.25) is 5.43 Å². The number of nitrogen functional groups attached to an aromatic ring is 1. The smallest absolute Gasteiger partial charge is 0.323 e. The Morgan fingerprint density at radius 3 is 2.78 bits per heavy atom. The third-order valence-corrected chi connectivity index (χ3v) is 2.67. The molecule has 7 nitrogen and oxygen atoms in total. The molecule has 3 N–H and O–H groups in total. The Bertz CT molecular complexity index is 405. The van der Waals surface area contributed by atoms with Crippen LogP contribution in [-0.2, 0) is 0 Å². The fourth-order valence-electron chi connectivity index (χ4n) is 1.77. The first kappa shape index (κ1) is 12.6. The van der Waals surface area contributed by atoms with Crippen LogP contribution in [0.25, 0.3) is 0 Å². The second-order valence-corrected chi connectivity index (χ2v) is 4.01. The molecule has 0 spiro atoms. The molecule has 0 amide bonds. The van der Waals surface area contributed by atoms with Gasteiger partial charge in [0.15, 0.2) is 0 Å². The summed E-state index contributed by atoms with van der Waals surface area (Å²) in [5.41, 5.74) is 2.43. The van der Waals surface area contributed by atoms with E-state index in [9.17, 15) is 0 Å². The Kier molecular flexibility index (Phi) is 4.30. The van der Waals surface area contributed by atoms with Crippen LogP contribution in [0.4, 0.5) is 11.9 Å². The van der Waals surface area contributed by atoms with Crippen LogP contribution in [0.3, 0.4) is 0 Å². The number of ether oxygens (including phenoxy) is 1. The largest absolute Gasteiger partial charge is 0.463 e. The second-order valence-electron chi connectivity index (χ2n) is 4.01. The molecule has 0 saturated carbocycles. The standard InChI is InChI=1S/C11H18N6O/c1-2-3-8-18-11-14-9(16-12)13-10(15-11)17-6-4-5-7-17/h2H,1,3-8,12H2,(H,13,14,15,16). The molecule has 1 aromatic heterocycles. The van der Waals surface area contributed by atoms with Gasteiger partial charge in [0.1, 0.15) is 0 Å². The molecule has 1 aliphatic rings. The van der Waals surface area contributed by atoms with E-state index in [2.05, 4.69) is 31.9 Å². The maximum absolute atomic E-state index is 5.43. The van der Waals surface area contributed by atoms with Gasteiger partial charge >= 0.3 is 6.01 Å². The third kappa shape index (κ3) is 3.07. The molecule has 1 aromatic rings. The van der Waals surface area contributed by atoms with Crippen molar-refractivity contribution in [3.63, 3.8) is 0 Å². The summed E-state index contributed by atoms with van der Waals surface area (Å²) in [7, 11) is 0. The minimum absolute atomic E-state index is 0.293. The molecule has 0 bridgehead atoms. The lowest BCUT2D eigenvalue weighted by Gasteiger charge is -2.16. The van der Waals surface area contributed by atoms with E-state index in [-0.39, 0.29) is 0 Å². The summed E-state index contributed by atoms with van der Waals surface area (Å²) >= 11 is 0. The molecule has 7 heteroatoms. The van der Waals surface area contributed by atoms with Crippen molar-refractivity contribution < 1.29 is 4.74 Å². The molecule has 2 heterocycles. The number of hydrogen-bond acceptors (Lipinski definition) is 7. The summed E-state index contributed by atoms with van der Waals surface area (Å²) in [6.45, 7) is 6.05. The number of hydrogen-bond donors (Lipinski definition) is 2. The normalized spacial score (nSPS) is 14.6. The van der Waals surface area contributed by atoms with Gasteiger partial charge in [-0.1, -0.05) is 6.08 Å². The van der Waals surface area contributed by atoms with Gasteiger partial charge in [-0.2, -0.15) is 15.0 Å². The molecular weight excluding hydrogens is 232 g/mol. The first-order valence-corrected chi connectivity index (χ1v) is 6.05. The molecule has 2 rings (SSSR count). The van der Waals surface area contributed by atoms with Crippen molar-refractivity contribution in [2.45, 2.75) is 19.3 Å². The van der Waals surface area contributed by atoms with E-state index in [1.54, 1.807) is 6.08 Å². The van der Waals surface area contributed by atoms with Crippen LogP contribution in [0.15, 0.2) is 12.7 Å². The van der Waals surface area contributed by atoms with Gasteiger partial charge in [0.05, 0.1) is 6.61 Å². The highest BCUT2D eigenvalue weighted by atomic mass is 16.5. The van der Waals surface area contributed by atoms with E-state index in [1.807, 2.05) is 0 Å². The monoisotopic (exact) mass is 250 g/mol. The van der Waals surface area contributed by atoms with Gasteiger partial charge < -0.3 is 9.64 Å². The minimum Gasteiger partial charge on any atom is -0.463 e. The molecular formula is C11H18N6O. The molecule has 1 saturated heterocycles. The van der Waals surface area contributed by atoms with Gasteiger partial charge in [-0.05, 0) is 19.3 Å². The van der Waals surface area contributed by atoms with E-state index in [1.165, 1.54) is 0 Å². The van der Waals surface area contributed by atoms with E-state index in [0.717, 1.165) is 32.4 Å². The zero-order chi connectivity index (χ0) is 12.8. The van der Waals surface area contributed by atoms with Crippen LogP contribution < -0.4 is 20.9 Å². The molecule has 0 atom stereocenters. The van der Waals surface area contributed by atoms with Crippen molar-refractivity contribution in [1.29, 1.82) is 0 Å². The average Bonchev–Trinajstić information content (AvgIpc) is 2.92. The highest BCUT2D eigenvalue weighted by molar-refractivity contribution is 5.38. The minimum atomic E-state index is 0.293. The van der Waals surface area contributed by atoms with E-state index in [4.69, 9.17) is 10.6 Å². The fraction of sp³-hybridized carbons (Fsp3) is 0.545. The highest BCUT2D eigenvalue weighted by Gasteiger charge is 2.17. The maximum atomic E-state index is 5.43. The van der Waals surface area contributed by atoms with Crippen LogP contribution in [0.5, 0.6) is 6.01 Å². The Morgan fingerprint density at radius 2 is 2.11 bits per heavy atom. The maximum Gasteiger partial charge on any atom is 0.323 e. The van der Waals surface area contributed by atoms with Crippen molar-refractivity contribution in [3.8, 4) is 6.01 Å². The zero-order valence-corrected chi connectivity index (χ0v) is 10.3. The molecule has 0 aromatic carbocycles. The van der Waals surface area contributed by atoms with Crippen LogP contribution in [0.2, 0.25) is 0 Å². The predicted octanol–water partition coefficient (Wildman–Crippen LogP) is 0.712. The van der Waals surface area contributed by atoms with Crippen LogP contribution in [-0.4, -0.2) is 34.6 Å². The van der Waals surface area contributed by atoms with Gasteiger partial charge in [0.2, 0.25) is 11.9 Å². The molecule has 0 radical (unpaired) electrons. The second kappa shape index (κ2) is 6.15. The third-order valence-electron chi connectivity index (χ3n) is 2.67. The van der Waals surface area contributed by atoms with E-state index in [0.29, 0.717) is 24.5 Å². The van der Waals surface area contributed by atoms with Crippen molar-refractivity contribution in [3.05, 3.63) is 12.7 Å².